The Morgan fingerprint density at radius 3 is 2.21 bits per heavy atom. The van der Waals surface area contributed by atoms with E-state index in [0.29, 0.717) is 6.42 Å². The third kappa shape index (κ3) is 5.70. The number of hydrogen-bond acceptors (Lipinski definition) is 4. The molecule has 0 spiro atoms. The highest BCUT2D eigenvalue weighted by Gasteiger charge is 2.58. The molecule has 0 radical (unpaired) electrons. The first-order valence-corrected chi connectivity index (χ1v) is 14.6. The quantitative estimate of drug-likeness (QED) is 0.392. The van der Waals surface area contributed by atoms with Crippen LogP contribution in [-0.2, 0) is 14.4 Å². The predicted molar refractivity (Wildman–Crippen MR) is 152 cm³/mol. The van der Waals surface area contributed by atoms with Crippen LogP contribution < -0.4 is 5.32 Å². The van der Waals surface area contributed by atoms with Gasteiger partial charge >= 0.3 is 0 Å². The Balaban J connectivity index is 2.17. The number of carbonyl (C=O) groups is 3. The van der Waals surface area contributed by atoms with E-state index in [1.807, 2.05) is 19.1 Å². The van der Waals surface area contributed by atoms with Gasteiger partial charge in [-0.1, -0.05) is 60.1 Å². The van der Waals surface area contributed by atoms with E-state index in [4.69, 9.17) is 0 Å². The summed E-state index contributed by atoms with van der Waals surface area (Å²) in [4.78, 5) is 38.7. The van der Waals surface area contributed by atoms with E-state index in [2.05, 4.69) is 59.9 Å². The van der Waals surface area contributed by atoms with Crippen molar-refractivity contribution in [2.75, 3.05) is 0 Å². The van der Waals surface area contributed by atoms with Crippen LogP contribution in [0, 0.1) is 44.8 Å². The molecular weight excluding hydrogens is 472 g/mol. The maximum Gasteiger partial charge on any atom is 0.217 e. The van der Waals surface area contributed by atoms with Gasteiger partial charge in [-0.15, -0.1) is 0 Å². The maximum absolute atomic E-state index is 13.5. The first-order chi connectivity index (χ1) is 17.4. The topological polar surface area (TPSA) is 87.0 Å². The van der Waals surface area contributed by atoms with Gasteiger partial charge in [-0.2, -0.15) is 5.26 Å². The van der Waals surface area contributed by atoms with Crippen LogP contribution in [0.3, 0.4) is 0 Å². The van der Waals surface area contributed by atoms with E-state index in [1.165, 1.54) is 0 Å². The number of fused-ring (bicyclic) bond motifs is 3. The van der Waals surface area contributed by atoms with E-state index in [1.54, 1.807) is 6.92 Å². The Labute approximate surface area is 230 Å². The van der Waals surface area contributed by atoms with Crippen LogP contribution in [0.25, 0.3) is 0 Å². The zero-order chi connectivity index (χ0) is 28.7. The van der Waals surface area contributed by atoms with E-state index in [-0.39, 0.29) is 56.7 Å². The number of ketones is 2. The molecule has 5 nitrogen and oxygen atoms in total. The highest BCUT2D eigenvalue weighted by Crippen LogP contribution is 2.65. The third-order valence-corrected chi connectivity index (χ3v) is 11.0. The average molecular weight is 523 g/mol. The number of Topliss-reactive ketones (excluding diaryl/α,β-unsaturated/α-hetero) is 1. The summed E-state index contributed by atoms with van der Waals surface area (Å²) in [6.45, 7) is 19.3. The Hall–Kier alpha value is -2.22. The van der Waals surface area contributed by atoms with Gasteiger partial charge in [-0.05, 0) is 86.5 Å². The molecule has 0 saturated heterocycles. The molecule has 5 heteroatoms. The van der Waals surface area contributed by atoms with E-state index < -0.39 is 5.41 Å². The highest BCUT2D eigenvalue weighted by atomic mass is 16.1. The molecule has 0 aromatic heterocycles. The molecule has 1 amide bonds. The molecule has 0 aliphatic heterocycles. The summed E-state index contributed by atoms with van der Waals surface area (Å²) in [5, 5.41) is 13.1. The van der Waals surface area contributed by atoms with Crippen LogP contribution in [-0.4, -0.2) is 23.0 Å². The van der Waals surface area contributed by atoms with Crippen LogP contribution in [0.4, 0.5) is 0 Å². The second-order valence-electron chi connectivity index (χ2n) is 14.8. The predicted octanol–water partition coefficient (Wildman–Crippen LogP) is 7.26. The van der Waals surface area contributed by atoms with Crippen LogP contribution in [0.2, 0.25) is 0 Å². The molecule has 5 atom stereocenters. The minimum absolute atomic E-state index is 0.00433. The van der Waals surface area contributed by atoms with Gasteiger partial charge in [-0.25, -0.2) is 0 Å². The molecule has 0 heterocycles. The molecule has 1 N–H and O–H groups in total. The van der Waals surface area contributed by atoms with Gasteiger partial charge in [0.25, 0.3) is 0 Å². The molecule has 0 aromatic carbocycles. The van der Waals surface area contributed by atoms with Crippen LogP contribution >= 0.6 is 0 Å². The Morgan fingerprint density at radius 1 is 0.974 bits per heavy atom. The van der Waals surface area contributed by atoms with Crippen molar-refractivity contribution in [2.24, 2.45) is 33.5 Å². The van der Waals surface area contributed by atoms with Crippen molar-refractivity contribution in [1.29, 1.82) is 5.26 Å². The van der Waals surface area contributed by atoms with Crippen LogP contribution in [0.1, 0.15) is 120 Å². The van der Waals surface area contributed by atoms with Gasteiger partial charge in [0.15, 0.2) is 11.6 Å². The van der Waals surface area contributed by atoms with Gasteiger partial charge in [0.05, 0.1) is 5.57 Å². The molecule has 210 valence electrons. The summed E-state index contributed by atoms with van der Waals surface area (Å²) in [7, 11) is 0. The summed E-state index contributed by atoms with van der Waals surface area (Å²) < 4.78 is 0. The molecule has 0 unspecified atom stereocenters. The first kappa shape index (κ1) is 30.3. The number of nitriles is 1. The third-order valence-electron chi connectivity index (χ3n) is 11.0. The summed E-state index contributed by atoms with van der Waals surface area (Å²) in [5.74, 6) is -0.0994. The fourth-order valence-electron chi connectivity index (χ4n) is 7.78. The lowest BCUT2D eigenvalue weighted by molar-refractivity contribution is -0.124. The number of allylic oxidation sites excluding steroid dienone is 4. The second kappa shape index (κ2) is 10.4. The van der Waals surface area contributed by atoms with Crippen molar-refractivity contribution < 1.29 is 14.4 Å². The van der Waals surface area contributed by atoms with Crippen molar-refractivity contribution in [1.82, 2.24) is 5.32 Å². The fourth-order valence-corrected chi connectivity index (χ4v) is 7.78. The summed E-state index contributed by atoms with van der Waals surface area (Å²) >= 11 is 0. The standard InChI is InChI=1S/C33H50N2O3/c1-22-26-12-14-33(9)27(32(26,8)20-24(21-34)28(22)38)19-25(37)11-10-13-29(3,4)15-17-31(7,35-23(2)36)18-16-30(33,5)6/h19-20,22,26H,10-18H2,1-9H3,(H,35,36)/b27-19-/t22-,26-,31-,32-,33+/m0/s1. The zero-order valence-corrected chi connectivity index (χ0v) is 25.3. The second-order valence-corrected chi connectivity index (χ2v) is 14.8. The van der Waals surface area contributed by atoms with Crippen LogP contribution in [0.5, 0.6) is 0 Å². The molecule has 3 aliphatic carbocycles. The molecule has 3 aliphatic rings. The monoisotopic (exact) mass is 522 g/mol. The lowest BCUT2D eigenvalue weighted by Gasteiger charge is -2.59. The first-order valence-electron chi connectivity index (χ1n) is 14.6. The molecular formula is C33H50N2O3. The van der Waals surface area contributed by atoms with Gasteiger partial charge < -0.3 is 5.32 Å². The number of rotatable bonds is 1. The van der Waals surface area contributed by atoms with Crippen molar-refractivity contribution >= 4 is 17.5 Å². The van der Waals surface area contributed by atoms with E-state index in [9.17, 15) is 19.6 Å². The van der Waals surface area contributed by atoms with E-state index >= 15 is 0 Å². The molecule has 0 bridgehead atoms. The molecule has 3 rings (SSSR count). The SMILES string of the molecule is CC(=O)N[C@@]1(C)CCC(C)(C)CCCC(=O)/C=C2/[C@@]3(C)C=C(C#N)C(=O)[C@@H](C)[C@@H]3CC[C@@]2(C)C(C)(C)CC1. The average Bonchev–Trinajstić information content (AvgIpc) is 2.80. The molecule has 1 saturated carbocycles. The largest absolute Gasteiger partial charge is 0.351 e. The van der Waals surface area contributed by atoms with Gasteiger partial charge in [0.1, 0.15) is 6.07 Å². The number of nitrogens with zero attached hydrogens (tertiary/aromatic N) is 1. The zero-order valence-electron chi connectivity index (χ0n) is 25.3. The minimum atomic E-state index is -0.532. The van der Waals surface area contributed by atoms with Gasteiger partial charge in [0, 0.05) is 30.2 Å². The maximum atomic E-state index is 13.5. The molecule has 38 heavy (non-hydrogen) atoms. The van der Waals surface area contributed by atoms with Crippen molar-refractivity contribution in [2.45, 2.75) is 126 Å². The van der Waals surface area contributed by atoms with Crippen molar-refractivity contribution in [3.63, 3.8) is 0 Å². The minimum Gasteiger partial charge on any atom is -0.351 e. The highest BCUT2D eigenvalue weighted by molar-refractivity contribution is 6.02. The normalized spacial score (nSPS) is 39.3. The Bertz CT molecular complexity index is 1090. The number of amides is 1. The molecule has 0 aromatic rings. The van der Waals surface area contributed by atoms with Crippen LogP contribution in [0.15, 0.2) is 23.3 Å². The number of carbonyl (C=O) groups excluding carboxylic acids is 3. The smallest absolute Gasteiger partial charge is 0.217 e. The number of nitrogens with one attached hydrogen (secondary N) is 1. The van der Waals surface area contributed by atoms with Gasteiger partial charge in [-0.3, -0.25) is 14.4 Å². The summed E-state index contributed by atoms with van der Waals surface area (Å²) in [5.41, 5.74) is 0.0690. The van der Waals surface area contributed by atoms with Crippen molar-refractivity contribution in [3.8, 4) is 6.07 Å². The number of hydrogen-bond donors (Lipinski definition) is 1. The fraction of sp³-hybridized carbons (Fsp3) is 0.758. The van der Waals surface area contributed by atoms with E-state index in [0.717, 1.165) is 56.9 Å². The van der Waals surface area contributed by atoms with Gasteiger partial charge in [0.2, 0.25) is 5.91 Å². The summed E-state index contributed by atoms with van der Waals surface area (Å²) in [6.07, 6.45) is 11.5. The Morgan fingerprint density at radius 2 is 1.61 bits per heavy atom. The molecule has 1 fully saturated rings. The Kier molecular flexibility index (Phi) is 8.30. The summed E-state index contributed by atoms with van der Waals surface area (Å²) in [6, 6.07) is 2.16. The lowest BCUT2D eigenvalue weighted by Crippen LogP contribution is -2.53. The van der Waals surface area contributed by atoms with Crippen molar-refractivity contribution in [3.05, 3.63) is 23.3 Å². The lowest BCUT2D eigenvalue weighted by atomic mass is 9.44.